The Morgan fingerprint density at radius 3 is 2.40 bits per heavy atom. The molecule has 0 fully saturated rings. The number of anilines is 3. The Morgan fingerprint density at radius 2 is 1.74 bits per heavy atom. The number of fused-ring (bicyclic) bond motifs is 1. The van der Waals surface area contributed by atoms with Gasteiger partial charge in [0.05, 0.1) is 21.3 Å². The molecule has 0 bridgehead atoms. The molecule has 0 aromatic heterocycles. The molecule has 1 aliphatic rings. The number of amides is 2. The Morgan fingerprint density at radius 1 is 1.06 bits per heavy atom. The van der Waals surface area contributed by atoms with Crippen LogP contribution in [0, 0.1) is 6.92 Å². The third-order valence-electron chi connectivity index (χ3n) is 5.72. The molecular formula is C25H28ClN4NaO3S. The van der Waals surface area contributed by atoms with E-state index in [1.807, 2.05) is 54.1 Å². The van der Waals surface area contributed by atoms with Gasteiger partial charge in [-0.2, -0.15) is 0 Å². The Labute approximate surface area is 233 Å². The van der Waals surface area contributed by atoms with Gasteiger partial charge in [0.1, 0.15) is 6.17 Å². The van der Waals surface area contributed by atoms with Crippen molar-refractivity contribution < 1.29 is 13.2 Å². The van der Waals surface area contributed by atoms with Gasteiger partial charge in [0.15, 0.2) is 0 Å². The third-order valence-corrected chi connectivity index (χ3v) is 7.37. The number of carbonyl (C=O) groups is 1. The number of halogens is 1. The molecule has 1 atom stereocenters. The van der Waals surface area contributed by atoms with Gasteiger partial charge in [0.2, 0.25) is 0 Å². The number of nitrogens with one attached hydrogen (secondary N) is 3. The van der Waals surface area contributed by atoms with E-state index in [4.69, 9.17) is 11.6 Å². The summed E-state index contributed by atoms with van der Waals surface area (Å²) in [4.78, 5) is 14.4. The first-order valence-electron chi connectivity index (χ1n) is 11.1. The topological polar surface area (TPSA) is 90.5 Å². The predicted octanol–water partition coefficient (Wildman–Crippen LogP) is 4.53. The van der Waals surface area contributed by atoms with Gasteiger partial charge in [-0.1, -0.05) is 54.4 Å². The van der Waals surface area contributed by atoms with Crippen molar-refractivity contribution in [1.29, 1.82) is 0 Å². The van der Waals surface area contributed by atoms with Crippen molar-refractivity contribution in [2.24, 2.45) is 0 Å². The molecule has 1 unspecified atom stereocenters. The van der Waals surface area contributed by atoms with Crippen molar-refractivity contribution in [3.63, 3.8) is 0 Å². The Balaban J connectivity index is 0.00000342. The normalized spacial score (nSPS) is 14.5. The second-order valence-electron chi connectivity index (χ2n) is 8.17. The summed E-state index contributed by atoms with van der Waals surface area (Å²) in [6, 6.07) is 19.5. The summed E-state index contributed by atoms with van der Waals surface area (Å²) in [6.45, 7) is 4.28. The average Bonchev–Trinajstić information content (AvgIpc) is 3.19. The number of aryl methyl sites for hydroxylation is 1. The second kappa shape index (κ2) is 11.7. The van der Waals surface area contributed by atoms with Gasteiger partial charge in [-0.15, -0.1) is 0 Å². The number of hydrogen-bond donors (Lipinski definition) is 3. The van der Waals surface area contributed by atoms with Crippen LogP contribution in [0.2, 0.25) is 5.02 Å². The number of para-hydroxylation sites is 1. The van der Waals surface area contributed by atoms with E-state index in [-0.39, 0.29) is 40.6 Å². The summed E-state index contributed by atoms with van der Waals surface area (Å²) < 4.78 is 26.7. The van der Waals surface area contributed by atoms with Crippen LogP contribution in [0.15, 0.2) is 71.6 Å². The van der Waals surface area contributed by atoms with Crippen LogP contribution in [0.1, 0.15) is 24.5 Å². The monoisotopic (exact) mass is 522 g/mol. The van der Waals surface area contributed by atoms with E-state index in [9.17, 15) is 13.2 Å². The van der Waals surface area contributed by atoms with Crippen LogP contribution in [0.4, 0.5) is 21.9 Å². The van der Waals surface area contributed by atoms with E-state index in [0.717, 1.165) is 34.6 Å². The van der Waals surface area contributed by atoms with Crippen molar-refractivity contribution in [3.05, 3.63) is 82.9 Å². The molecule has 35 heavy (non-hydrogen) atoms. The number of rotatable bonds is 7. The van der Waals surface area contributed by atoms with Gasteiger partial charge in [0.25, 0.3) is 10.0 Å². The van der Waals surface area contributed by atoms with E-state index < -0.39 is 16.1 Å². The number of nitrogens with zero attached hydrogens (tertiary/aromatic N) is 1. The fourth-order valence-corrected chi connectivity index (χ4v) is 5.14. The fourth-order valence-electron chi connectivity index (χ4n) is 3.95. The molecule has 1 heterocycles. The molecule has 0 saturated heterocycles. The predicted molar refractivity (Wildman–Crippen MR) is 143 cm³/mol. The number of urea groups is 1. The standard InChI is InChI=1S/C25H27ClN4O3S.Na.H/c1-3-23-28-22-6-4-5-21(26)24(22)30(23)19-11-9-18(10-12-19)15-16-27-25(31)29-34(32,33)20-13-7-17(2)8-14-20;;/h4-14,23,28H,3,15-16H2,1-2H3,(H2,27,29,31);;. The molecule has 2 amide bonds. The van der Waals surface area contributed by atoms with E-state index in [1.54, 1.807) is 12.1 Å². The first-order valence-corrected chi connectivity index (χ1v) is 12.9. The molecule has 7 nitrogen and oxygen atoms in total. The van der Waals surface area contributed by atoms with Crippen LogP contribution in [0.3, 0.4) is 0 Å². The van der Waals surface area contributed by atoms with Gasteiger partial charge in [-0.25, -0.2) is 17.9 Å². The zero-order valence-corrected chi connectivity index (χ0v) is 20.6. The zero-order valence-electron chi connectivity index (χ0n) is 19.0. The van der Waals surface area contributed by atoms with Gasteiger partial charge < -0.3 is 15.5 Å². The molecule has 10 heteroatoms. The molecule has 0 radical (unpaired) electrons. The minimum atomic E-state index is -3.91. The average molecular weight is 523 g/mol. The number of carbonyl (C=O) groups excluding carboxylic acids is 1. The van der Waals surface area contributed by atoms with Gasteiger partial charge in [-0.3, -0.25) is 0 Å². The first-order chi connectivity index (χ1) is 16.3. The van der Waals surface area contributed by atoms with E-state index in [0.29, 0.717) is 18.0 Å². The fraction of sp³-hybridized carbons (Fsp3) is 0.240. The van der Waals surface area contributed by atoms with Crippen molar-refractivity contribution in [1.82, 2.24) is 10.0 Å². The van der Waals surface area contributed by atoms with E-state index in [2.05, 4.69) is 22.5 Å². The SMILES string of the molecule is CCC1Nc2cccc(Cl)c2N1c1ccc(CCNC(=O)NS(=O)(=O)c2ccc(C)cc2)cc1.[NaH]. The molecule has 3 N–H and O–H groups in total. The molecule has 1 aliphatic heterocycles. The zero-order chi connectivity index (χ0) is 24.3. The molecule has 180 valence electrons. The quantitative estimate of drug-likeness (QED) is 0.397. The molecular weight excluding hydrogens is 495 g/mol. The molecule has 3 aromatic rings. The van der Waals surface area contributed by atoms with Crippen LogP contribution in [0.25, 0.3) is 0 Å². The second-order valence-corrected chi connectivity index (χ2v) is 10.3. The van der Waals surface area contributed by atoms with Crippen LogP contribution in [-0.4, -0.2) is 56.7 Å². The Hall–Kier alpha value is -2.23. The molecule has 0 spiro atoms. The molecule has 4 rings (SSSR count). The summed E-state index contributed by atoms with van der Waals surface area (Å²) >= 11 is 6.49. The first kappa shape index (κ1) is 27.4. The van der Waals surface area contributed by atoms with E-state index in [1.165, 1.54) is 12.1 Å². The number of benzene rings is 3. The summed E-state index contributed by atoms with van der Waals surface area (Å²) in [5.74, 6) is 0. The maximum atomic E-state index is 12.3. The summed E-state index contributed by atoms with van der Waals surface area (Å²) in [7, 11) is -3.91. The van der Waals surface area contributed by atoms with Crippen molar-refractivity contribution in [2.75, 3.05) is 16.8 Å². The van der Waals surface area contributed by atoms with Crippen molar-refractivity contribution in [3.8, 4) is 0 Å². The van der Waals surface area contributed by atoms with Crippen LogP contribution in [-0.2, 0) is 16.4 Å². The van der Waals surface area contributed by atoms with Crippen molar-refractivity contribution >= 4 is 74.3 Å². The van der Waals surface area contributed by atoms with Gasteiger partial charge in [0, 0.05) is 12.2 Å². The maximum absolute atomic E-state index is 12.3. The Bertz CT molecular complexity index is 1290. The van der Waals surface area contributed by atoms with Gasteiger partial charge >= 0.3 is 35.6 Å². The number of hydrogen-bond acceptors (Lipinski definition) is 5. The summed E-state index contributed by atoms with van der Waals surface area (Å²) in [5.41, 5.74) is 4.96. The molecule has 0 saturated carbocycles. The minimum absolute atomic E-state index is 0. The summed E-state index contributed by atoms with van der Waals surface area (Å²) in [5, 5.41) is 6.81. The third kappa shape index (κ3) is 6.32. The molecule has 3 aromatic carbocycles. The molecule has 0 aliphatic carbocycles. The van der Waals surface area contributed by atoms with Crippen LogP contribution < -0.4 is 20.3 Å². The Kier molecular flexibility index (Phi) is 9.12. The van der Waals surface area contributed by atoms with Crippen LogP contribution >= 0.6 is 11.6 Å². The van der Waals surface area contributed by atoms with Crippen LogP contribution in [0.5, 0.6) is 0 Å². The summed E-state index contributed by atoms with van der Waals surface area (Å²) in [6.07, 6.45) is 1.57. The van der Waals surface area contributed by atoms with E-state index >= 15 is 0 Å². The van der Waals surface area contributed by atoms with Crippen molar-refractivity contribution in [2.45, 2.75) is 37.8 Å². The van der Waals surface area contributed by atoms with Gasteiger partial charge in [-0.05, 0) is 61.7 Å². The number of sulfonamides is 1.